The maximum atomic E-state index is 11.9. The van der Waals surface area contributed by atoms with E-state index in [4.69, 9.17) is 5.73 Å². The summed E-state index contributed by atoms with van der Waals surface area (Å²) in [5.74, 6) is 0.0134. The van der Waals surface area contributed by atoms with Gasteiger partial charge in [0.25, 0.3) is 0 Å². The highest BCUT2D eigenvalue weighted by Gasteiger charge is 2.19. The van der Waals surface area contributed by atoms with Crippen molar-refractivity contribution in [2.75, 3.05) is 6.54 Å². The largest absolute Gasteiger partial charge is 0.391 e. The van der Waals surface area contributed by atoms with Crippen LogP contribution in [0.3, 0.4) is 0 Å². The number of nitrogens with two attached hydrogens (primary N) is 1. The second-order valence-corrected chi connectivity index (χ2v) is 5.19. The molecule has 0 aromatic heterocycles. The zero-order chi connectivity index (χ0) is 15.0. The zero-order valence-corrected chi connectivity index (χ0v) is 13.6. The Hall–Kier alpha value is -1.10. The van der Waals surface area contributed by atoms with Gasteiger partial charge < -0.3 is 16.2 Å². The molecule has 1 amide bonds. The molecule has 0 aliphatic carbocycles. The Labute approximate surface area is 133 Å². The molecule has 0 spiro atoms. The minimum atomic E-state index is -0.577. The zero-order valence-electron chi connectivity index (χ0n) is 12.8. The van der Waals surface area contributed by atoms with Crippen molar-refractivity contribution < 1.29 is 9.90 Å². The molecule has 1 aromatic rings. The van der Waals surface area contributed by atoms with E-state index >= 15 is 0 Å². The summed E-state index contributed by atoms with van der Waals surface area (Å²) in [6.07, 6.45) is 1.82. The van der Waals surface area contributed by atoms with Gasteiger partial charge in [0.2, 0.25) is 5.91 Å². The van der Waals surface area contributed by atoms with Crippen LogP contribution in [-0.2, 0) is 11.2 Å². The quantitative estimate of drug-likeness (QED) is 0.686. The topological polar surface area (TPSA) is 75.3 Å². The summed E-state index contributed by atoms with van der Waals surface area (Å²) >= 11 is 0. The van der Waals surface area contributed by atoms with Gasteiger partial charge in [-0.2, -0.15) is 0 Å². The van der Waals surface area contributed by atoms with Crippen molar-refractivity contribution in [3.63, 3.8) is 0 Å². The van der Waals surface area contributed by atoms with Crippen LogP contribution in [-0.4, -0.2) is 29.7 Å². The van der Waals surface area contributed by atoms with Crippen LogP contribution in [0.5, 0.6) is 0 Å². The van der Waals surface area contributed by atoms with Crippen LogP contribution in [0.1, 0.15) is 32.3 Å². The van der Waals surface area contributed by atoms with Crippen LogP contribution in [0.25, 0.3) is 0 Å². The maximum Gasteiger partial charge on any atom is 0.237 e. The van der Waals surface area contributed by atoms with Crippen LogP contribution in [0.15, 0.2) is 30.3 Å². The number of aliphatic hydroxyl groups is 1. The van der Waals surface area contributed by atoms with Crippen LogP contribution in [0.4, 0.5) is 0 Å². The molecule has 0 aliphatic rings. The Bertz CT molecular complexity index is 397. The molecule has 0 saturated heterocycles. The lowest BCUT2D eigenvalue weighted by molar-refractivity contribution is -0.123. The lowest BCUT2D eigenvalue weighted by Crippen LogP contribution is -2.45. The molecular weight excluding hydrogens is 288 g/mol. The van der Waals surface area contributed by atoms with Gasteiger partial charge in [-0.1, -0.05) is 57.0 Å². The molecular formula is C16H27ClN2O2. The first-order valence-corrected chi connectivity index (χ1v) is 7.33. The van der Waals surface area contributed by atoms with Crippen molar-refractivity contribution >= 4 is 18.3 Å². The lowest BCUT2D eigenvalue weighted by Gasteiger charge is -2.21. The van der Waals surface area contributed by atoms with E-state index in [1.165, 1.54) is 0 Å². The number of benzene rings is 1. The summed E-state index contributed by atoms with van der Waals surface area (Å²) in [4.78, 5) is 11.9. The van der Waals surface area contributed by atoms with Crippen molar-refractivity contribution in [1.29, 1.82) is 0 Å². The second kappa shape index (κ2) is 10.6. The predicted octanol–water partition coefficient (Wildman–Crippen LogP) is 1.89. The van der Waals surface area contributed by atoms with Gasteiger partial charge in [0, 0.05) is 6.54 Å². The average Bonchev–Trinajstić information content (AvgIpc) is 2.47. The van der Waals surface area contributed by atoms with Crippen molar-refractivity contribution in [3.05, 3.63) is 35.9 Å². The van der Waals surface area contributed by atoms with E-state index < -0.39 is 12.1 Å². The average molecular weight is 315 g/mol. The summed E-state index contributed by atoms with van der Waals surface area (Å²) in [6, 6.07) is 9.11. The molecule has 4 N–H and O–H groups in total. The molecule has 1 rings (SSSR count). The van der Waals surface area contributed by atoms with E-state index in [0.29, 0.717) is 6.42 Å². The van der Waals surface area contributed by atoms with E-state index in [9.17, 15) is 9.90 Å². The summed E-state index contributed by atoms with van der Waals surface area (Å²) in [6.45, 7) is 4.36. The minimum Gasteiger partial charge on any atom is -0.391 e. The van der Waals surface area contributed by atoms with Crippen LogP contribution in [0.2, 0.25) is 0 Å². The summed E-state index contributed by atoms with van der Waals surface area (Å²) in [7, 11) is 0. The van der Waals surface area contributed by atoms with Gasteiger partial charge in [0.05, 0.1) is 12.1 Å². The van der Waals surface area contributed by atoms with E-state index in [0.717, 1.165) is 18.4 Å². The van der Waals surface area contributed by atoms with E-state index in [1.807, 2.05) is 44.2 Å². The third-order valence-electron chi connectivity index (χ3n) is 3.71. The molecule has 5 heteroatoms. The van der Waals surface area contributed by atoms with E-state index in [2.05, 4.69) is 5.32 Å². The first kappa shape index (κ1) is 19.9. The van der Waals surface area contributed by atoms with Crippen molar-refractivity contribution in [1.82, 2.24) is 5.32 Å². The summed E-state index contributed by atoms with van der Waals surface area (Å²) in [5.41, 5.74) is 6.92. The smallest absolute Gasteiger partial charge is 0.237 e. The number of amides is 1. The fourth-order valence-corrected chi connectivity index (χ4v) is 2.30. The van der Waals surface area contributed by atoms with Gasteiger partial charge in [0.1, 0.15) is 0 Å². The Morgan fingerprint density at radius 3 is 2.33 bits per heavy atom. The third-order valence-corrected chi connectivity index (χ3v) is 3.71. The Morgan fingerprint density at radius 1 is 1.24 bits per heavy atom. The lowest BCUT2D eigenvalue weighted by atomic mass is 9.96. The van der Waals surface area contributed by atoms with Crippen LogP contribution in [0, 0.1) is 5.92 Å². The highest BCUT2D eigenvalue weighted by atomic mass is 35.5. The second-order valence-electron chi connectivity index (χ2n) is 5.19. The van der Waals surface area contributed by atoms with Gasteiger partial charge in [-0.3, -0.25) is 4.79 Å². The molecule has 0 aliphatic heterocycles. The molecule has 4 nitrogen and oxygen atoms in total. The number of carbonyl (C=O) groups excluding carboxylic acids is 1. The first-order chi connectivity index (χ1) is 9.58. The van der Waals surface area contributed by atoms with Crippen molar-refractivity contribution in [2.45, 2.75) is 45.3 Å². The highest BCUT2D eigenvalue weighted by molar-refractivity contribution is 5.85. The third kappa shape index (κ3) is 6.93. The van der Waals surface area contributed by atoms with Gasteiger partial charge in [0.15, 0.2) is 0 Å². The SMILES string of the molecule is CCC(CC)C(O)CNC(=O)[C@@H](N)Cc1ccccc1.Cl. The van der Waals surface area contributed by atoms with E-state index in [1.54, 1.807) is 0 Å². The molecule has 0 bridgehead atoms. The van der Waals surface area contributed by atoms with Gasteiger partial charge in [-0.05, 0) is 17.9 Å². The fourth-order valence-electron chi connectivity index (χ4n) is 2.30. The molecule has 0 fully saturated rings. The van der Waals surface area contributed by atoms with Crippen LogP contribution < -0.4 is 11.1 Å². The van der Waals surface area contributed by atoms with Gasteiger partial charge >= 0.3 is 0 Å². The Balaban J connectivity index is 0.00000400. The van der Waals surface area contributed by atoms with Gasteiger partial charge in [-0.15, -0.1) is 12.4 Å². The number of aliphatic hydroxyl groups excluding tert-OH is 1. The predicted molar refractivity (Wildman–Crippen MR) is 88.5 cm³/mol. The number of nitrogens with one attached hydrogen (secondary N) is 1. The summed E-state index contributed by atoms with van der Waals surface area (Å²) < 4.78 is 0. The van der Waals surface area contributed by atoms with Crippen molar-refractivity contribution in [2.24, 2.45) is 11.7 Å². The number of carbonyl (C=O) groups is 1. The molecule has 0 saturated carbocycles. The molecule has 120 valence electrons. The highest BCUT2D eigenvalue weighted by Crippen LogP contribution is 2.12. The Kier molecular flexibility index (Phi) is 10.0. The monoisotopic (exact) mass is 314 g/mol. The first-order valence-electron chi connectivity index (χ1n) is 7.33. The molecule has 1 unspecified atom stereocenters. The number of rotatable bonds is 8. The van der Waals surface area contributed by atoms with Crippen LogP contribution >= 0.6 is 12.4 Å². The Morgan fingerprint density at radius 2 is 1.81 bits per heavy atom. The van der Waals surface area contributed by atoms with Gasteiger partial charge in [-0.25, -0.2) is 0 Å². The molecule has 0 heterocycles. The normalized spacial score (nSPS) is 13.4. The fraction of sp³-hybridized carbons (Fsp3) is 0.562. The molecule has 21 heavy (non-hydrogen) atoms. The number of hydrogen-bond acceptors (Lipinski definition) is 3. The number of hydrogen-bond donors (Lipinski definition) is 3. The molecule has 0 radical (unpaired) electrons. The summed E-state index contributed by atoms with van der Waals surface area (Å²) in [5, 5.41) is 12.7. The maximum absolute atomic E-state index is 11.9. The standard InChI is InChI=1S/C16H26N2O2.ClH/c1-3-13(4-2)15(19)11-18-16(20)14(17)10-12-8-6-5-7-9-12;/h5-9,13-15,19H,3-4,10-11,17H2,1-2H3,(H,18,20);1H/t14-,15?;/m0./s1. The number of halogens is 1. The van der Waals surface area contributed by atoms with Crippen molar-refractivity contribution in [3.8, 4) is 0 Å². The molecule has 1 aromatic carbocycles. The minimum absolute atomic E-state index is 0. The molecule has 2 atom stereocenters. The van der Waals surface area contributed by atoms with E-state index in [-0.39, 0.29) is 30.8 Å².